The van der Waals surface area contributed by atoms with Gasteiger partial charge in [-0.3, -0.25) is 0 Å². The Bertz CT molecular complexity index is 942. The number of hydrogen-bond acceptors (Lipinski definition) is 0. The Morgan fingerprint density at radius 2 is 0.944 bits per heavy atom. The van der Waals surface area contributed by atoms with Crippen LogP contribution in [0, 0.1) is 0 Å². The Morgan fingerprint density at radius 1 is 0.583 bits per heavy atom. The molecule has 1 unspecified atom stereocenters. The summed E-state index contributed by atoms with van der Waals surface area (Å²) in [5.41, 5.74) is -8.17. The Balaban J connectivity index is 4.01. The minimum Gasteiger partial charge on any atom is -0.228 e. The first-order valence-corrected chi connectivity index (χ1v) is 8.78. The van der Waals surface area contributed by atoms with E-state index >= 15 is 0 Å². The van der Waals surface area contributed by atoms with Crippen molar-refractivity contribution in [2.24, 2.45) is 0 Å². The van der Waals surface area contributed by atoms with Gasteiger partial charge in [0.25, 0.3) is 0 Å². The maximum Gasteiger partial charge on any atom is 0.460 e. The van der Waals surface area contributed by atoms with Crippen LogP contribution >= 0.6 is 0 Å². The molecule has 0 N–H and O–H groups in total. The molecule has 36 heavy (non-hydrogen) atoms. The van der Waals surface area contributed by atoms with Gasteiger partial charge in [0.1, 0.15) is 6.10 Å². The third kappa shape index (κ3) is 4.44. The lowest BCUT2D eigenvalue weighted by molar-refractivity contribution is -0.400. The molecule has 0 saturated heterocycles. The predicted octanol–water partition coefficient (Wildman–Crippen LogP) is 8.42. The Kier molecular flexibility index (Phi) is 7.76. The first-order valence-electron chi connectivity index (χ1n) is 8.78. The molecule has 1 aromatic carbocycles. The largest absolute Gasteiger partial charge is 0.460 e. The molecule has 0 saturated carbocycles. The van der Waals surface area contributed by atoms with Crippen LogP contribution in [0.2, 0.25) is 0 Å². The Morgan fingerprint density at radius 3 is 1.28 bits per heavy atom. The van der Waals surface area contributed by atoms with Gasteiger partial charge >= 0.3 is 47.9 Å². The Labute approximate surface area is 187 Å². The average Bonchev–Trinajstić information content (AvgIpc) is 2.70. The summed E-state index contributed by atoms with van der Waals surface area (Å²) >= 11 is 0. The standard InChI is InChI=1S/C17H9F18O/c1-2-9(36)7-4-3-6(10(18,19)12(22,23)14(26,27)16(30,31)32)5-8(7)11(20,21)13(24,25)15(28,29)17(33,34)35/h3-5,9H,2H2,1H3. The lowest BCUT2D eigenvalue weighted by Gasteiger charge is -2.36. The van der Waals surface area contributed by atoms with Gasteiger partial charge in [-0.25, -0.2) is 5.11 Å². The van der Waals surface area contributed by atoms with E-state index in [4.69, 9.17) is 0 Å². The lowest BCUT2D eigenvalue weighted by Crippen LogP contribution is -2.60. The zero-order valence-corrected chi connectivity index (χ0v) is 16.7. The fourth-order valence-corrected chi connectivity index (χ4v) is 2.62. The van der Waals surface area contributed by atoms with Gasteiger partial charge in [-0.2, -0.15) is 79.0 Å². The molecule has 0 aromatic heterocycles. The molecule has 0 aliphatic carbocycles. The normalized spacial score (nSPS) is 16.3. The second-order valence-electron chi connectivity index (χ2n) is 7.14. The van der Waals surface area contributed by atoms with Crippen LogP contribution < -0.4 is 0 Å². The molecule has 0 amide bonds. The Hall–Kier alpha value is -2.08. The highest BCUT2D eigenvalue weighted by Gasteiger charge is 2.83. The van der Waals surface area contributed by atoms with Crippen LogP contribution in [0.4, 0.5) is 79.0 Å². The summed E-state index contributed by atoms with van der Waals surface area (Å²) in [6.07, 6.45) is -18.6. The number of hydrogen-bond donors (Lipinski definition) is 0. The van der Waals surface area contributed by atoms with Crippen LogP contribution in [0.1, 0.15) is 36.1 Å². The van der Waals surface area contributed by atoms with Crippen molar-refractivity contribution in [3.63, 3.8) is 0 Å². The van der Waals surface area contributed by atoms with E-state index in [0.29, 0.717) is 0 Å². The molecule has 0 spiro atoms. The molecule has 0 bridgehead atoms. The first kappa shape index (κ1) is 31.9. The first-order chi connectivity index (χ1) is 15.6. The molecule has 0 aliphatic heterocycles. The van der Waals surface area contributed by atoms with Crippen LogP contribution in [0.5, 0.6) is 0 Å². The summed E-state index contributed by atoms with van der Waals surface area (Å²) < 4.78 is 238. The zero-order chi connectivity index (χ0) is 29.1. The van der Waals surface area contributed by atoms with Crippen molar-refractivity contribution in [2.45, 2.75) is 67.3 Å². The SMILES string of the molecule is CCC([O])c1ccc(C(F)(F)C(F)(F)C(F)(F)C(F)(F)F)cc1C(F)(F)C(F)(F)C(F)(F)C(F)(F)F. The van der Waals surface area contributed by atoms with E-state index in [0.717, 1.165) is 6.92 Å². The van der Waals surface area contributed by atoms with Crippen molar-refractivity contribution < 1.29 is 84.1 Å². The molecule has 1 atom stereocenters. The molecule has 1 radical (unpaired) electrons. The van der Waals surface area contributed by atoms with Crippen LogP contribution in [-0.2, 0) is 17.0 Å². The van der Waals surface area contributed by atoms with Crippen molar-refractivity contribution in [3.05, 3.63) is 34.9 Å². The molecule has 1 rings (SSSR count). The summed E-state index contributed by atoms with van der Waals surface area (Å²) in [4.78, 5) is 0. The van der Waals surface area contributed by atoms with Gasteiger partial charge in [-0.15, -0.1) is 0 Å². The quantitative estimate of drug-likeness (QED) is 0.280. The summed E-state index contributed by atoms with van der Waals surface area (Å²) in [5.74, 6) is -44.3. The number of benzene rings is 1. The van der Waals surface area contributed by atoms with E-state index in [1.807, 2.05) is 0 Å². The van der Waals surface area contributed by atoms with E-state index in [1.165, 1.54) is 0 Å². The fourth-order valence-electron chi connectivity index (χ4n) is 2.62. The van der Waals surface area contributed by atoms with Gasteiger partial charge in [0.05, 0.1) is 0 Å². The molecule has 209 valence electrons. The summed E-state index contributed by atoms with van der Waals surface area (Å²) in [6, 6.07) is -2.59. The van der Waals surface area contributed by atoms with Gasteiger partial charge in [-0.1, -0.05) is 19.1 Å². The second kappa shape index (κ2) is 8.75. The molecule has 0 heterocycles. The monoisotopic (exact) mass is 571 g/mol. The lowest BCUT2D eigenvalue weighted by atomic mass is 9.86. The van der Waals surface area contributed by atoms with E-state index in [9.17, 15) is 84.1 Å². The third-order valence-electron chi connectivity index (χ3n) is 4.76. The molecule has 19 heteroatoms. The van der Waals surface area contributed by atoms with Gasteiger partial charge in [0, 0.05) is 11.1 Å². The molecule has 0 fully saturated rings. The summed E-state index contributed by atoms with van der Waals surface area (Å²) in [6.45, 7) is 0.766. The maximum absolute atomic E-state index is 14.4. The van der Waals surface area contributed by atoms with E-state index in [2.05, 4.69) is 0 Å². The zero-order valence-electron chi connectivity index (χ0n) is 16.7. The van der Waals surface area contributed by atoms with Crippen molar-refractivity contribution in [1.82, 2.24) is 0 Å². The second-order valence-corrected chi connectivity index (χ2v) is 7.14. The summed E-state index contributed by atoms with van der Waals surface area (Å²) in [7, 11) is 0. The summed E-state index contributed by atoms with van der Waals surface area (Å²) in [5, 5.41) is 11.8. The van der Waals surface area contributed by atoms with Crippen molar-refractivity contribution >= 4 is 0 Å². The maximum atomic E-state index is 14.4. The van der Waals surface area contributed by atoms with E-state index in [-0.39, 0.29) is 0 Å². The average molecular weight is 571 g/mol. The van der Waals surface area contributed by atoms with Crippen molar-refractivity contribution in [1.29, 1.82) is 0 Å². The number of halogens is 18. The van der Waals surface area contributed by atoms with Gasteiger partial charge in [0.2, 0.25) is 0 Å². The van der Waals surface area contributed by atoms with Crippen LogP contribution in [-0.4, -0.2) is 36.0 Å². The van der Waals surface area contributed by atoms with Crippen molar-refractivity contribution in [3.8, 4) is 0 Å². The topological polar surface area (TPSA) is 19.9 Å². The minimum atomic E-state index is -7.66. The van der Waals surface area contributed by atoms with Crippen LogP contribution in [0.3, 0.4) is 0 Å². The number of rotatable bonds is 8. The molecule has 1 aromatic rings. The van der Waals surface area contributed by atoms with Gasteiger partial charge < -0.3 is 0 Å². The van der Waals surface area contributed by atoms with Crippen LogP contribution in [0.15, 0.2) is 18.2 Å². The molecular formula is C17H9F18O. The van der Waals surface area contributed by atoms with Gasteiger partial charge in [0.15, 0.2) is 0 Å². The fraction of sp³-hybridized carbons (Fsp3) is 0.647. The third-order valence-corrected chi connectivity index (χ3v) is 4.76. The minimum absolute atomic E-state index is 0.503. The van der Waals surface area contributed by atoms with Crippen molar-refractivity contribution in [2.75, 3.05) is 0 Å². The number of alkyl halides is 18. The van der Waals surface area contributed by atoms with E-state index < -0.39 is 95.3 Å². The predicted molar refractivity (Wildman–Crippen MR) is 79.8 cm³/mol. The highest BCUT2D eigenvalue weighted by molar-refractivity contribution is 5.41. The highest BCUT2D eigenvalue weighted by Crippen LogP contribution is 2.60. The smallest absolute Gasteiger partial charge is 0.228 e. The molecule has 0 aliphatic rings. The molecular weight excluding hydrogens is 562 g/mol. The van der Waals surface area contributed by atoms with Crippen LogP contribution in [0.25, 0.3) is 0 Å². The van der Waals surface area contributed by atoms with E-state index in [1.54, 1.807) is 0 Å². The molecule has 1 nitrogen and oxygen atoms in total. The highest BCUT2D eigenvalue weighted by atomic mass is 19.4. The van der Waals surface area contributed by atoms with Gasteiger partial charge in [-0.05, 0) is 18.1 Å².